The molecule has 0 radical (unpaired) electrons. The molecule has 0 unspecified atom stereocenters. The Kier molecular flexibility index (Phi) is 5.84. The first-order valence-corrected chi connectivity index (χ1v) is 9.32. The molecule has 0 fully saturated rings. The highest BCUT2D eigenvalue weighted by molar-refractivity contribution is 6.36. The molecule has 1 aliphatic rings. The first-order chi connectivity index (χ1) is 13.8. The van der Waals surface area contributed by atoms with Gasteiger partial charge in [0.2, 0.25) is 5.91 Å². The van der Waals surface area contributed by atoms with Crippen LogP contribution in [0.3, 0.4) is 0 Å². The van der Waals surface area contributed by atoms with Gasteiger partial charge in [-0.3, -0.25) is 19.3 Å². The minimum absolute atomic E-state index is 0.102. The molecule has 0 aromatic heterocycles. The fourth-order valence-corrected chi connectivity index (χ4v) is 3.21. The molecule has 0 saturated carbocycles. The van der Waals surface area contributed by atoms with Crippen molar-refractivity contribution in [1.29, 1.82) is 0 Å². The molecule has 0 saturated heterocycles. The molecule has 3 rings (SSSR count). The number of hydrogen-bond donors (Lipinski definition) is 2. The van der Waals surface area contributed by atoms with Crippen molar-refractivity contribution in [2.75, 3.05) is 17.2 Å². The molecule has 29 heavy (non-hydrogen) atoms. The van der Waals surface area contributed by atoms with Crippen LogP contribution in [0, 0.1) is 6.92 Å². The number of nitrogens with one attached hydrogen (secondary N) is 2. The first-order valence-electron chi connectivity index (χ1n) is 8.94. The van der Waals surface area contributed by atoms with Crippen LogP contribution in [-0.4, -0.2) is 29.2 Å². The zero-order valence-corrected chi connectivity index (χ0v) is 16.8. The normalized spacial score (nSPS) is 13.7. The summed E-state index contributed by atoms with van der Waals surface area (Å²) in [5.74, 6) is -1.04. The second-order valence-corrected chi connectivity index (χ2v) is 7.04. The fourth-order valence-electron chi connectivity index (χ4n) is 3.04. The zero-order valence-electron chi connectivity index (χ0n) is 16.1. The van der Waals surface area contributed by atoms with Gasteiger partial charge in [-0.25, -0.2) is 0 Å². The average molecular weight is 410 g/mol. The Morgan fingerprint density at radius 3 is 2.45 bits per heavy atom. The lowest BCUT2D eigenvalue weighted by atomic mass is 10.0. The summed E-state index contributed by atoms with van der Waals surface area (Å²) in [7, 11) is 0. The molecule has 0 aliphatic carbocycles. The van der Waals surface area contributed by atoms with E-state index >= 15 is 0 Å². The van der Waals surface area contributed by atoms with Crippen LogP contribution < -0.4 is 10.6 Å². The number of carbonyl (C=O) groups excluding carboxylic acids is 3. The molecule has 2 aromatic rings. The van der Waals surface area contributed by atoms with Crippen LogP contribution in [0.25, 0.3) is 5.57 Å². The lowest BCUT2D eigenvalue weighted by Gasteiger charge is -2.13. The van der Waals surface area contributed by atoms with Gasteiger partial charge in [0, 0.05) is 29.9 Å². The Hall–Kier alpha value is -3.38. The maximum Gasteiger partial charge on any atom is 0.278 e. The SMILES string of the molecule is C=CCN1C(=O)C(Nc2cc(Cl)ccc2C)=C(c2ccc(NC(C)=O)cc2)C1=O. The van der Waals surface area contributed by atoms with Crippen molar-refractivity contribution < 1.29 is 14.4 Å². The predicted octanol–water partition coefficient (Wildman–Crippen LogP) is 3.98. The number of imide groups is 1. The Morgan fingerprint density at radius 2 is 1.83 bits per heavy atom. The highest BCUT2D eigenvalue weighted by Crippen LogP contribution is 2.32. The van der Waals surface area contributed by atoms with E-state index in [2.05, 4.69) is 17.2 Å². The maximum absolute atomic E-state index is 13.0. The van der Waals surface area contributed by atoms with E-state index in [4.69, 9.17) is 11.6 Å². The van der Waals surface area contributed by atoms with Gasteiger partial charge in [0.1, 0.15) is 5.70 Å². The smallest absolute Gasteiger partial charge is 0.278 e. The second-order valence-electron chi connectivity index (χ2n) is 6.60. The highest BCUT2D eigenvalue weighted by Gasteiger charge is 2.38. The van der Waals surface area contributed by atoms with Crippen molar-refractivity contribution >= 4 is 46.3 Å². The number of anilines is 2. The van der Waals surface area contributed by atoms with Crippen LogP contribution >= 0.6 is 11.6 Å². The summed E-state index contributed by atoms with van der Waals surface area (Å²) in [5, 5.41) is 6.28. The van der Waals surface area contributed by atoms with E-state index in [-0.39, 0.29) is 23.7 Å². The lowest BCUT2D eigenvalue weighted by Crippen LogP contribution is -2.32. The van der Waals surface area contributed by atoms with E-state index in [0.29, 0.717) is 22.0 Å². The molecule has 1 heterocycles. The number of nitrogens with zero attached hydrogens (tertiary/aromatic N) is 1. The van der Waals surface area contributed by atoms with Gasteiger partial charge >= 0.3 is 0 Å². The zero-order chi connectivity index (χ0) is 21.1. The minimum Gasteiger partial charge on any atom is -0.350 e. The number of aryl methyl sites for hydroxylation is 1. The molecule has 2 N–H and O–H groups in total. The van der Waals surface area contributed by atoms with Crippen LogP contribution in [0.1, 0.15) is 18.1 Å². The van der Waals surface area contributed by atoms with Crippen molar-refractivity contribution in [1.82, 2.24) is 4.90 Å². The predicted molar refractivity (Wildman–Crippen MR) is 114 cm³/mol. The third kappa shape index (κ3) is 4.22. The van der Waals surface area contributed by atoms with Crippen LogP contribution in [0.4, 0.5) is 11.4 Å². The van der Waals surface area contributed by atoms with Crippen molar-refractivity contribution in [2.24, 2.45) is 0 Å². The summed E-state index contributed by atoms with van der Waals surface area (Å²) >= 11 is 6.09. The Morgan fingerprint density at radius 1 is 1.14 bits per heavy atom. The van der Waals surface area contributed by atoms with Gasteiger partial charge in [-0.1, -0.05) is 35.9 Å². The number of halogens is 1. The topological polar surface area (TPSA) is 78.5 Å². The summed E-state index contributed by atoms with van der Waals surface area (Å²) < 4.78 is 0. The lowest BCUT2D eigenvalue weighted by molar-refractivity contribution is -0.136. The van der Waals surface area contributed by atoms with Crippen LogP contribution in [-0.2, 0) is 14.4 Å². The molecule has 0 atom stereocenters. The molecule has 148 valence electrons. The van der Waals surface area contributed by atoms with E-state index in [1.165, 1.54) is 13.0 Å². The highest BCUT2D eigenvalue weighted by atomic mass is 35.5. The molecule has 7 heteroatoms. The van der Waals surface area contributed by atoms with E-state index in [0.717, 1.165) is 10.5 Å². The summed E-state index contributed by atoms with van der Waals surface area (Å²) in [4.78, 5) is 38.3. The molecule has 1 aliphatic heterocycles. The summed E-state index contributed by atoms with van der Waals surface area (Å²) in [6.45, 7) is 7.02. The van der Waals surface area contributed by atoms with Gasteiger partial charge in [0.05, 0.1) is 5.57 Å². The van der Waals surface area contributed by atoms with Crippen molar-refractivity contribution in [2.45, 2.75) is 13.8 Å². The average Bonchev–Trinajstić information content (AvgIpc) is 2.90. The number of hydrogen-bond acceptors (Lipinski definition) is 4. The standard InChI is InChI=1S/C22H20ClN3O3/c1-4-11-26-21(28)19(15-6-9-17(10-7-15)24-14(3)27)20(22(26)29)25-18-12-16(23)8-5-13(18)2/h4-10,12,25H,1,11H2,2-3H3,(H,24,27). The molecule has 0 bridgehead atoms. The second kappa shape index (κ2) is 8.32. The van der Waals surface area contributed by atoms with Crippen LogP contribution in [0.5, 0.6) is 0 Å². The number of carbonyl (C=O) groups is 3. The largest absolute Gasteiger partial charge is 0.350 e. The quantitative estimate of drug-likeness (QED) is 0.558. The van der Waals surface area contributed by atoms with Gasteiger partial charge in [-0.05, 0) is 42.3 Å². The number of amides is 3. The molecule has 0 spiro atoms. The summed E-state index contributed by atoms with van der Waals surface area (Å²) in [6, 6.07) is 12.0. The monoisotopic (exact) mass is 409 g/mol. The summed E-state index contributed by atoms with van der Waals surface area (Å²) in [5.41, 5.74) is 3.11. The molecule has 2 aromatic carbocycles. The Bertz CT molecular complexity index is 1040. The maximum atomic E-state index is 13.0. The van der Waals surface area contributed by atoms with E-state index in [9.17, 15) is 14.4 Å². The van der Waals surface area contributed by atoms with Gasteiger partial charge < -0.3 is 10.6 Å². The van der Waals surface area contributed by atoms with Crippen molar-refractivity contribution in [3.8, 4) is 0 Å². The molecule has 3 amide bonds. The fraction of sp³-hybridized carbons (Fsp3) is 0.136. The van der Waals surface area contributed by atoms with Gasteiger partial charge in [0.25, 0.3) is 11.8 Å². The van der Waals surface area contributed by atoms with Crippen molar-refractivity contribution in [3.63, 3.8) is 0 Å². The van der Waals surface area contributed by atoms with E-state index < -0.39 is 11.8 Å². The number of benzene rings is 2. The summed E-state index contributed by atoms with van der Waals surface area (Å²) in [6.07, 6.45) is 1.50. The van der Waals surface area contributed by atoms with Gasteiger partial charge in [-0.2, -0.15) is 0 Å². The first kappa shape index (κ1) is 20.4. The molecule has 6 nitrogen and oxygen atoms in total. The third-order valence-corrected chi connectivity index (χ3v) is 4.67. The number of rotatable bonds is 6. The van der Waals surface area contributed by atoms with Gasteiger partial charge in [0.15, 0.2) is 0 Å². The van der Waals surface area contributed by atoms with Crippen LogP contribution in [0.15, 0.2) is 60.8 Å². The Balaban J connectivity index is 2.07. The molecular formula is C22H20ClN3O3. The molecular weight excluding hydrogens is 390 g/mol. The van der Waals surface area contributed by atoms with E-state index in [1.807, 2.05) is 13.0 Å². The van der Waals surface area contributed by atoms with Crippen LogP contribution in [0.2, 0.25) is 5.02 Å². The Labute approximate surface area is 173 Å². The van der Waals surface area contributed by atoms with E-state index in [1.54, 1.807) is 36.4 Å². The van der Waals surface area contributed by atoms with Crippen molar-refractivity contribution in [3.05, 3.63) is 77.0 Å². The van der Waals surface area contributed by atoms with Gasteiger partial charge in [-0.15, -0.1) is 6.58 Å². The minimum atomic E-state index is -0.435. The third-order valence-electron chi connectivity index (χ3n) is 4.43.